The number of ether oxygens (including phenoxy) is 1. The van der Waals surface area contributed by atoms with Crippen molar-refractivity contribution < 1.29 is 17.9 Å². The number of amides is 1. The first kappa shape index (κ1) is 21.2. The number of carbonyl (C=O) groups is 1. The van der Waals surface area contributed by atoms with Crippen LogP contribution >= 0.6 is 0 Å². The van der Waals surface area contributed by atoms with Gasteiger partial charge in [0.15, 0.2) is 5.84 Å². The maximum Gasteiger partial charge on any atom is 0.285 e. The zero-order valence-electron chi connectivity index (χ0n) is 17.8. The van der Waals surface area contributed by atoms with Crippen molar-refractivity contribution in [1.82, 2.24) is 0 Å². The molecule has 0 atom stereocenters. The van der Waals surface area contributed by atoms with E-state index in [0.717, 1.165) is 18.6 Å². The van der Waals surface area contributed by atoms with E-state index in [1.807, 2.05) is 24.3 Å². The Labute approximate surface area is 192 Å². The molecular formula is C25H23N3O4S. The van der Waals surface area contributed by atoms with Gasteiger partial charge in [-0.25, -0.2) is 0 Å². The van der Waals surface area contributed by atoms with Crippen LogP contribution in [0.2, 0.25) is 0 Å². The molecule has 8 heteroatoms. The van der Waals surface area contributed by atoms with Crippen LogP contribution in [0.3, 0.4) is 0 Å². The molecule has 0 aromatic heterocycles. The highest BCUT2D eigenvalue weighted by Gasteiger charge is 2.28. The van der Waals surface area contributed by atoms with Crippen LogP contribution in [-0.4, -0.2) is 26.3 Å². The van der Waals surface area contributed by atoms with E-state index in [0.29, 0.717) is 28.6 Å². The molecule has 1 saturated carbocycles. The quantitative estimate of drug-likeness (QED) is 0.568. The summed E-state index contributed by atoms with van der Waals surface area (Å²) in [7, 11) is -3.69. The van der Waals surface area contributed by atoms with E-state index in [2.05, 4.69) is 15.0 Å². The van der Waals surface area contributed by atoms with E-state index in [1.54, 1.807) is 42.5 Å². The molecule has 1 aliphatic heterocycles. The van der Waals surface area contributed by atoms with Gasteiger partial charge < -0.3 is 15.4 Å². The lowest BCUT2D eigenvalue weighted by molar-refractivity contribution is 0.102. The highest BCUT2D eigenvalue weighted by Crippen LogP contribution is 2.27. The molecule has 33 heavy (non-hydrogen) atoms. The topological polar surface area (TPSA) is 96.9 Å². The lowest BCUT2D eigenvalue weighted by Gasteiger charge is -2.13. The summed E-state index contributed by atoms with van der Waals surface area (Å²) in [6, 6.07) is 20.8. The van der Waals surface area contributed by atoms with Crippen molar-refractivity contribution in [3.63, 3.8) is 0 Å². The molecule has 5 rings (SSSR count). The number of rotatable bonds is 5. The normalized spacial score (nSPS) is 16.7. The lowest BCUT2D eigenvalue weighted by Crippen LogP contribution is -2.14. The Bertz CT molecular complexity index is 1310. The fraction of sp³-hybridized carbons (Fsp3) is 0.200. The van der Waals surface area contributed by atoms with Crippen molar-refractivity contribution in [3.8, 4) is 5.75 Å². The summed E-state index contributed by atoms with van der Waals surface area (Å²) in [5.41, 5.74) is 2.32. The number of nitrogens with zero attached hydrogens (tertiary/aromatic N) is 1. The highest BCUT2D eigenvalue weighted by atomic mass is 32.2. The van der Waals surface area contributed by atoms with E-state index < -0.39 is 10.0 Å². The molecule has 1 heterocycles. The second kappa shape index (κ2) is 8.71. The van der Waals surface area contributed by atoms with Gasteiger partial charge in [-0.1, -0.05) is 12.1 Å². The van der Waals surface area contributed by atoms with Crippen LogP contribution in [0.15, 0.2) is 82.1 Å². The molecule has 1 amide bonds. The van der Waals surface area contributed by atoms with Gasteiger partial charge in [-0.2, -0.15) is 8.42 Å². The molecule has 2 N–H and O–H groups in total. The Kier molecular flexibility index (Phi) is 5.60. The first-order valence-electron chi connectivity index (χ1n) is 10.9. The molecule has 0 spiro atoms. The van der Waals surface area contributed by atoms with Gasteiger partial charge in [0.05, 0.1) is 6.10 Å². The Balaban J connectivity index is 1.22. The average Bonchev–Trinajstić information content (AvgIpc) is 3.42. The van der Waals surface area contributed by atoms with E-state index in [9.17, 15) is 13.2 Å². The van der Waals surface area contributed by atoms with E-state index in [-0.39, 0.29) is 16.6 Å². The van der Waals surface area contributed by atoms with Crippen LogP contribution in [0.25, 0.3) is 0 Å². The predicted molar refractivity (Wildman–Crippen MR) is 128 cm³/mol. The second-order valence-corrected chi connectivity index (χ2v) is 9.69. The van der Waals surface area contributed by atoms with Gasteiger partial charge in [0.2, 0.25) is 0 Å². The standard InChI is InChI=1S/C25H23N3O4S/c29-25(27-19-13-15-21(16-14-19)32-20-5-1-2-6-20)17-9-11-18(12-10-17)26-24-22-7-3-4-8-23(22)33(30,31)28-24/h3-4,7-16,20H,1-2,5-6H2,(H,26,28)(H,27,29). The maximum atomic E-state index is 12.6. The summed E-state index contributed by atoms with van der Waals surface area (Å²) >= 11 is 0. The van der Waals surface area contributed by atoms with E-state index in [1.165, 1.54) is 18.9 Å². The molecule has 3 aromatic rings. The van der Waals surface area contributed by atoms with Crippen LogP contribution in [-0.2, 0) is 10.0 Å². The van der Waals surface area contributed by atoms with Crippen LogP contribution in [0.5, 0.6) is 5.75 Å². The molecule has 1 fully saturated rings. The predicted octanol–water partition coefficient (Wildman–Crippen LogP) is 4.82. The Hall–Kier alpha value is -3.65. The van der Waals surface area contributed by atoms with Crippen molar-refractivity contribution in [2.24, 2.45) is 4.40 Å². The zero-order valence-corrected chi connectivity index (χ0v) is 18.6. The average molecular weight is 462 g/mol. The van der Waals surface area contributed by atoms with Gasteiger partial charge in [0.1, 0.15) is 10.6 Å². The fourth-order valence-electron chi connectivity index (χ4n) is 4.06. The van der Waals surface area contributed by atoms with E-state index in [4.69, 9.17) is 4.74 Å². The Morgan fingerprint density at radius 3 is 2.27 bits per heavy atom. The molecule has 168 valence electrons. The van der Waals surface area contributed by atoms with Crippen molar-refractivity contribution in [2.75, 3.05) is 10.6 Å². The minimum Gasteiger partial charge on any atom is -0.490 e. The van der Waals surface area contributed by atoms with Crippen LogP contribution in [0.1, 0.15) is 41.6 Å². The summed E-state index contributed by atoms with van der Waals surface area (Å²) in [5, 5.41) is 5.91. The zero-order chi connectivity index (χ0) is 22.8. The molecule has 0 bridgehead atoms. The monoisotopic (exact) mass is 461 g/mol. The van der Waals surface area contributed by atoms with Gasteiger partial charge in [-0.15, -0.1) is 4.40 Å². The van der Waals surface area contributed by atoms with Crippen LogP contribution in [0.4, 0.5) is 11.4 Å². The minimum atomic E-state index is -3.69. The smallest absolute Gasteiger partial charge is 0.285 e. The second-order valence-electron chi connectivity index (χ2n) is 8.12. The summed E-state index contributed by atoms with van der Waals surface area (Å²) in [5.74, 6) is 0.841. The SMILES string of the molecule is O=C(Nc1ccc(OC2CCCC2)cc1)c1ccc(NC2=NS(=O)(=O)c3ccccc32)cc1. The number of amidine groups is 1. The molecular weight excluding hydrogens is 438 g/mol. The summed E-state index contributed by atoms with van der Waals surface area (Å²) < 4.78 is 34.2. The summed E-state index contributed by atoms with van der Waals surface area (Å²) in [6.45, 7) is 0. The Morgan fingerprint density at radius 2 is 1.55 bits per heavy atom. The number of sulfonamides is 1. The lowest BCUT2D eigenvalue weighted by atomic mass is 10.1. The van der Waals surface area contributed by atoms with Crippen molar-refractivity contribution in [1.29, 1.82) is 0 Å². The van der Waals surface area contributed by atoms with Crippen LogP contribution < -0.4 is 15.4 Å². The maximum absolute atomic E-state index is 12.6. The number of benzene rings is 3. The number of nitrogens with one attached hydrogen (secondary N) is 2. The summed E-state index contributed by atoms with van der Waals surface area (Å²) in [6.07, 6.45) is 4.92. The molecule has 7 nitrogen and oxygen atoms in total. The van der Waals surface area contributed by atoms with Crippen molar-refractivity contribution in [3.05, 3.63) is 83.9 Å². The third-order valence-corrected chi connectivity index (χ3v) is 7.09. The van der Waals surface area contributed by atoms with Crippen LogP contribution in [0, 0.1) is 0 Å². The highest BCUT2D eigenvalue weighted by molar-refractivity contribution is 7.90. The molecule has 0 saturated heterocycles. The van der Waals surface area contributed by atoms with Gasteiger partial charge in [0, 0.05) is 22.5 Å². The number of hydrogen-bond acceptors (Lipinski definition) is 5. The first-order chi connectivity index (χ1) is 16.0. The first-order valence-corrected chi connectivity index (χ1v) is 12.3. The van der Waals surface area contributed by atoms with Crippen molar-refractivity contribution >= 4 is 33.1 Å². The number of carbonyl (C=O) groups excluding carboxylic acids is 1. The Morgan fingerprint density at radius 1 is 0.879 bits per heavy atom. The number of hydrogen-bond donors (Lipinski definition) is 2. The molecule has 0 unspecified atom stereocenters. The fourth-order valence-corrected chi connectivity index (χ4v) is 5.23. The molecule has 0 radical (unpaired) electrons. The van der Waals surface area contributed by atoms with Gasteiger partial charge in [-0.05, 0) is 86.3 Å². The number of fused-ring (bicyclic) bond motifs is 1. The summed E-state index contributed by atoms with van der Waals surface area (Å²) in [4.78, 5) is 12.8. The third-order valence-electron chi connectivity index (χ3n) is 5.76. The van der Waals surface area contributed by atoms with Gasteiger partial charge >= 0.3 is 0 Å². The van der Waals surface area contributed by atoms with Gasteiger partial charge in [-0.3, -0.25) is 4.79 Å². The third kappa shape index (κ3) is 4.61. The van der Waals surface area contributed by atoms with Crippen molar-refractivity contribution in [2.45, 2.75) is 36.7 Å². The molecule has 2 aliphatic rings. The minimum absolute atomic E-state index is 0.183. The van der Waals surface area contributed by atoms with Gasteiger partial charge in [0.25, 0.3) is 15.9 Å². The number of anilines is 2. The van der Waals surface area contributed by atoms with E-state index >= 15 is 0 Å². The molecule has 3 aromatic carbocycles. The molecule has 1 aliphatic carbocycles. The largest absolute Gasteiger partial charge is 0.490 e.